The maximum atomic E-state index is 12.4. The quantitative estimate of drug-likeness (QED) is 0.781. The van der Waals surface area contributed by atoms with E-state index in [0.29, 0.717) is 36.0 Å². The molecule has 0 saturated carbocycles. The van der Waals surface area contributed by atoms with E-state index in [9.17, 15) is 19.2 Å². The lowest BCUT2D eigenvalue weighted by Crippen LogP contribution is -2.46. The highest BCUT2D eigenvalue weighted by Gasteiger charge is 2.38. The van der Waals surface area contributed by atoms with Gasteiger partial charge in [0.25, 0.3) is 11.8 Å². The largest absolute Gasteiger partial charge is 0.481 e. The van der Waals surface area contributed by atoms with Crippen molar-refractivity contribution < 1.29 is 24.3 Å². The first kappa shape index (κ1) is 16.6. The second-order valence-electron chi connectivity index (χ2n) is 5.88. The van der Waals surface area contributed by atoms with Crippen LogP contribution in [-0.4, -0.2) is 58.2 Å². The summed E-state index contributed by atoms with van der Waals surface area (Å²) < 4.78 is 0.686. The number of nitrogens with zero attached hydrogens (tertiary/aromatic N) is 2. The molecule has 24 heavy (non-hydrogen) atoms. The maximum Gasteiger partial charge on any atom is 0.306 e. The highest BCUT2D eigenvalue weighted by atomic mass is 79.9. The standard InChI is InChI=1S/C16H15BrN2O5/c17-10-1-2-11-12(7-10)15(22)19(14(11)21)8-13(20)18-5-3-9(4-6-18)16(23)24/h1-2,7,9H,3-6,8H2,(H,23,24). The van der Waals surface area contributed by atoms with Crippen LogP contribution in [0.2, 0.25) is 0 Å². The van der Waals surface area contributed by atoms with Crippen LogP contribution in [0.4, 0.5) is 0 Å². The third kappa shape index (κ3) is 2.93. The van der Waals surface area contributed by atoms with Crippen molar-refractivity contribution >= 4 is 39.6 Å². The van der Waals surface area contributed by atoms with E-state index in [4.69, 9.17) is 5.11 Å². The maximum absolute atomic E-state index is 12.4. The minimum Gasteiger partial charge on any atom is -0.481 e. The first-order valence-corrected chi connectivity index (χ1v) is 8.34. The monoisotopic (exact) mass is 394 g/mol. The third-order valence-electron chi connectivity index (χ3n) is 4.42. The number of carboxylic acids is 1. The summed E-state index contributed by atoms with van der Waals surface area (Å²) in [5.41, 5.74) is 0.576. The molecule has 8 heteroatoms. The summed E-state index contributed by atoms with van der Waals surface area (Å²) in [6, 6.07) is 4.80. The molecule has 1 N–H and O–H groups in total. The topological polar surface area (TPSA) is 95.0 Å². The third-order valence-corrected chi connectivity index (χ3v) is 4.92. The molecule has 1 fully saturated rings. The molecule has 0 unspecified atom stereocenters. The van der Waals surface area contributed by atoms with E-state index in [1.165, 1.54) is 4.90 Å². The van der Waals surface area contributed by atoms with Crippen LogP contribution >= 0.6 is 15.9 Å². The summed E-state index contributed by atoms with van der Waals surface area (Å²) in [5.74, 6) is -2.59. The average molecular weight is 395 g/mol. The molecule has 0 atom stereocenters. The number of likely N-dealkylation sites (tertiary alicyclic amines) is 1. The number of hydrogen-bond donors (Lipinski definition) is 1. The molecule has 2 heterocycles. The van der Waals surface area contributed by atoms with Crippen LogP contribution in [-0.2, 0) is 9.59 Å². The van der Waals surface area contributed by atoms with Gasteiger partial charge in [-0.2, -0.15) is 0 Å². The molecule has 1 aromatic rings. The van der Waals surface area contributed by atoms with Crippen LogP contribution < -0.4 is 0 Å². The number of hydrogen-bond acceptors (Lipinski definition) is 4. The van der Waals surface area contributed by atoms with E-state index in [1.54, 1.807) is 18.2 Å². The van der Waals surface area contributed by atoms with E-state index in [-0.39, 0.29) is 18.0 Å². The Kier molecular flexibility index (Phi) is 4.40. The van der Waals surface area contributed by atoms with Gasteiger partial charge >= 0.3 is 5.97 Å². The van der Waals surface area contributed by atoms with E-state index in [1.807, 2.05) is 0 Å². The molecule has 0 aromatic heterocycles. The van der Waals surface area contributed by atoms with E-state index >= 15 is 0 Å². The Morgan fingerprint density at radius 3 is 2.38 bits per heavy atom. The Labute approximate surface area is 146 Å². The molecule has 3 rings (SSSR count). The van der Waals surface area contributed by atoms with Gasteiger partial charge in [0, 0.05) is 17.6 Å². The summed E-state index contributed by atoms with van der Waals surface area (Å²) in [6.07, 6.45) is 0.770. The van der Waals surface area contributed by atoms with Crippen molar-refractivity contribution in [3.05, 3.63) is 33.8 Å². The van der Waals surface area contributed by atoms with Gasteiger partial charge in [-0.05, 0) is 31.0 Å². The van der Waals surface area contributed by atoms with E-state index in [0.717, 1.165) is 4.90 Å². The van der Waals surface area contributed by atoms with Gasteiger partial charge in [0.2, 0.25) is 5.91 Å². The molecule has 7 nitrogen and oxygen atoms in total. The zero-order valence-corrected chi connectivity index (χ0v) is 14.3. The lowest BCUT2D eigenvalue weighted by molar-refractivity contribution is -0.145. The molecule has 1 saturated heterocycles. The van der Waals surface area contributed by atoms with Crippen molar-refractivity contribution in [2.45, 2.75) is 12.8 Å². The summed E-state index contributed by atoms with van der Waals surface area (Å²) in [6.45, 7) is 0.330. The fourth-order valence-corrected chi connectivity index (χ4v) is 3.38. The van der Waals surface area contributed by atoms with Gasteiger partial charge in [0.15, 0.2) is 0 Å². The van der Waals surface area contributed by atoms with Crippen molar-refractivity contribution in [1.82, 2.24) is 9.80 Å². The molecule has 2 aliphatic rings. The Hall–Kier alpha value is -2.22. The molecule has 0 spiro atoms. The molecule has 1 aromatic carbocycles. The van der Waals surface area contributed by atoms with Crippen LogP contribution in [0.1, 0.15) is 33.6 Å². The molecule has 126 valence electrons. The number of aliphatic carboxylic acids is 1. The zero-order valence-electron chi connectivity index (χ0n) is 12.7. The van der Waals surface area contributed by atoms with Crippen LogP contribution in [0.3, 0.4) is 0 Å². The van der Waals surface area contributed by atoms with Gasteiger partial charge in [-0.25, -0.2) is 0 Å². The molecule has 3 amide bonds. The van der Waals surface area contributed by atoms with Crippen molar-refractivity contribution in [2.75, 3.05) is 19.6 Å². The molecule has 0 aliphatic carbocycles. The summed E-state index contributed by atoms with van der Waals surface area (Å²) in [7, 11) is 0. The minimum atomic E-state index is -0.854. The van der Waals surface area contributed by atoms with Gasteiger partial charge in [0.1, 0.15) is 6.54 Å². The van der Waals surface area contributed by atoms with Crippen molar-refractivity contribution in [2.24, 2.45) is 5.92 Å². The van der Waals surface area contributed by atoms with Crippen molar-refractivity contribution in [1.29, 1.82) is 0 Å². The second kappa shape index (κ2) is 6.35. The molecular formula is C16H15BrN2O5. The van der Waals surface area contributed by atoms with Crippen molar-refractivity contribution in [3.8, 4) is 0 Å². The van der Waals surface area contributed by atoms with Gasteiger partial charge in [-0.1, -0.05) is 15.9 Å². The number of halogens is 1. The number of benzene rings is 1. The number of fused-ring (bicyclic) bond motifs is 1. The summed E-state index contributed by atoms with van der Waals surface area (Å²) in [5, 5.41) is 8.98. The Morgan fingerprint density at radius 2 is 1.75 bits per heavy atom. The van der Waals surface area contributed by atoms with Gasteiger partial charge in [0.05, 0.1) is 17.0 Å². The SMILES string of the molecule is O=C(O)C1CCN(C(=O)CN2C(=O)c3ccc(Br)cc3C2=O)CC1. The smallest absolute Gasteiger partial charge is 0.306 e. The molecule has 0 radical (unpaired) electrons. The molecule has 0 bridgehead atoms. The molecule has 2 aliphatic heterocycles. The van der Waals surface area contributed by atoms with Gasteiger partial charge in [-0.3, -0.25) is 24.1 Å². The van der Waals surface area contributed by atoms with Gasteiger partial charge in [-0.15, -0.1) is 0 Å². The van der Waals surface area contributed by atoms with E-state index < -0.39 is 23.7 Å². The first-order valence-electron chi connectivity index (χ1n) is 7.55. The van der Waals surface area contributed by atoms with Crippen LogP contribution in [0.15, 0.2) is 22.7 Å². The minimum absolute atomic E-state index is 0.284. The van der Waals surface area contributed by atoms with Crippen LogP contribution in [0, 0.1) is 5.92 Å². The fraction of sp³-hybridized carbons (Fsp3) is 0.375. The van der Waals surface area contributed by atoms with Crippen molar-refractivity contribution in [3.63, 3.8) is 0 Å². The highest BCUT2D eigenvalue weighted by molar-refractivity contribution is 9.10. The van der Waals surface area contributed by atoms with Crippen LogP contribution in [0.25, 0.3) is 0 Å². The zero-order chi connectivity index (χ0) is 17.4. The van der Waals surface area contributed by atoms with Crippen LogP contribution in [0.5, 0.6) is 0 Å². The summed E-state index contributed by atoms with van der Waals surface area (Å²) in [4.78, 5) is 50.4. The summed E-state index contributed by atoms with van der Waals surface area (Å²) >= 11 is 3.26. The predicted molar refractivity (Wildman–Crippen MR) is 86.4 cm³/mol. The number of carbonyl (C=O) groups is 4. The van der Waals surface area contributed by atoms with E-state index in [2.05, 4.69) is 15.9 Å². The van der Waals surface area contributed by atoms with Gasteiger partial charge < -0.3 is 10.0 Å². The number of imide groups is 1. The number of amides is 3. The highest BCUT2D eigenvalue weighted by Crippen LogP contribution is 2.26. The average Bonchev–Trinajstić information content (AvgIpc) is 2.79. The Morgan fingerprint density at radius 1 is 1.12 bits per heavy atom. The first-order chi connectivity index (χ1) is 11.4. The number of carbonyl (C=O) groups excluding carboxylic acids is 3. The lowest BCUT2D eigenvalue weighted by Gasteiger charge is -2.31. The second-order valence-corrected chi connectivity index (χ2v) is 6.80. The Balaban J connectivity index is 1.67. The number of carboxylic acid groups (broad SMARTS) is 1. The fourth-order valence-electron chi connectivity index (χ4n) is 3.02. The number of piperidine rings is 1. The molecular weight excluding hydrogens is 380 g/mol. The Bertz CT molecular complexity index is 740. The lowest BCUT2D eigenvalue weighted by atomic mass is 9.97. The normalized spacial score (nSPS) is 18.0. The predicted octanol–water partition coefficient (Wildman–Crippen LogP) is 1.37. The number of rotatable bonds is 3.